The summed E-state index contributed by atoms with van der Waals surface area (Å²) in [6, 6.07) is 13.8. The Labute approximate surface area is 110 Å². The molecule has 0 heterocycles. The van der Waals surface area contributed by atoms with Gasteiger partial charge in [-0.3, -0.25) is 0 Å². The van der Waals surface area contributed by atoms with Gasteiger partial charge in [0.1, 0.15) is 12.4 Å². The first kappa shape index (κ1) is 13.5. The van der Waals surface area contributed by atoms with Crippen molar-refractivity contribution in [1.82, 2.24) is 5.09 Å². The minimum atomic E-state index is -3.32. The van der Waals surface area contributed by atoms with Gasteiger partial charge in [0.25, 0.3) is 6.64 Å². The lowest BCUT2D eigenvalue weighted by Gasteiger charge is -2.11. The number of ether oxygens (including phenoxy) is 1. The van der Waals surface area contributed by atoms with Crippen LogP contribution in [0.15, 0.2) is 42.5 Å². The van der Waals surface area contributed by atoms with Gasteiger partial charge in [0.15, 0.2) is 0 Å². The normalized spacial score (nSPS) is 11.7. The number of hydrogen-bond donors (Lipinski definition) is 3. The van der Waals surface area contributed by atoms with Crippen molar-refractivity contribution in [2.24, 2.45) is 0 Å². The number of benzene rings is 2. The van der Waals surface area contributed by atoms with E-state index in [2.05, 4.69) is 16.9 Å². The molecule has 0 saturated heterocycles. The van der Waals surface area contributed by atoms with E-state index in [1.807, 2.05) is 42.5 Å². The van der Waals surface area contributed by atoms with Crippen LogP contribution in [0, 0.1) is 0 Å². The van der Waals surface area contributed by atoms with Crippen molar-refractivity contribution in [3.05, 3.63) is 42.5 Å². The van der Waals surface area contributed by atoms with Crippen LogP contribution in [0.25, 0.3) is 10.8 Å². The Balaban J connectivity index is 1.94. The van der Waals surface area contributed by atoms with Crippen molar-refractivity contribution < 1.29 is 14.5 Å². The first-order valence-electron chi connectivity index (χ1n) is 5.47. The zero-order valence-electron chi connectivity index (χ0n) is 9.61. The molecule has 0 amide bonds. The summed E-state index contributed by atoms with van der Waals surface area (Å²) in [7, 11) is 0. The predicted molar refractivity (Wildman–Crippen MR) is 76.2 cm³/mol. The van der Waals surface area contributed by atoms with Crippen LogP contribution in [-0.2, 0) is 11.8 Å². The molecule has 0 bridgehead atoms. The van der Waals surface area contributed by atoms with Gasteiger partial charge in [-0.2, -0.15) is 0 Å². The number of hydrogen-bond acceptors (Lipinski definition) is 2. The topological polar surface area (TPSA) is 61.7 Å². The Bertz CT molecular complexity index is 584. The predicted octanol–water partition coefficient (Wildman–Crippen LogP) is 2.02. The van der Waals surface area contributed by atoms with Crippen molar-refractivity contribution >= 4 is 29.2 Å². The van der Waals surface area contributed by atoms with Crippen LogP contribution in [0.5, 0.6) is 5.75 Å². The second-order valence-electron chi connectivity index (χ2n) is 3.81. The SMILES string of the molecule is OP(O)(=S)NCCOc1ccc2ccccc2c1. The second kappa shape index (κ2) is 5.78. The van der Waals surface area contributed by atoms with E-state index in [-0.39, 0.29) is 0 Å². The van der Waals surface area contributed by atoms with Crippen molar-refractivity contribution in [2.75, 3.05) is 13.2 Å². The molecule has 6 heteroatoms. The van der Waals surface area contributed by atoms with E-state index in [4.69, 9.17) is 14.5 Å². The Hall–Kier alpha value is -0.970. The van der Waals surface area contributed by atoms with Crippen molar-refractivity contribution in [1.29, 1.82) is 0 Å². The van der Waals surface area contributed by atoms with Gasteiger partial charge in [-0.25, -0.2) is 5.09 Å². The van der Waals surface area contributed by atoms with Gasteiger partial charge in [-0.05, 0) is 34.7 Å². The Kier molecular flexibility index (Phi) is 4.32. The molecule has 3 N–H and O–H groups in total. The smallest absolute Gasteiger partial charge is 0.256 e. The van der Waals surface area contributed by atoms with Gasteiger partial charge in [0, 0.05) is 6.54 Å². The van der Waals surface area contributed by atoms with Gasteiger partial charge in [0.2, 0.25) is 0 Å². The standard InChI is InChI=1S/C12H14NO3PS/c14-17(15,18)13-7-8-16-12-6-5-10-3-1-2-4-11(10)9-12/h1-6,9H,7-8H2,(H3,13,14,15,18). The Morgan fingerprint density at radius 2 is 1.83 bits per heavy atom. The maximum absolute atomic E-state index is 8.97. The van der Waals surface area contributed by atoms with Gasteiger partial charge in [0.05, 0.1) is 0 Å². The molecule has 0 spiro atoms. The average Bonchev–Trinajstić information content (AvgIpc) is 2.33. The van der Waals surface area contributed by atoms with Crippen LogP contribution in [-0.4, -0.2) is 22.9 Å². The fourth-order valence-corrected chi connectivity index (χ4v) is 2.27. The number of fused-ring (bicyclic) bond motifs is 1. The third kappa shape index (κ3) is 4.05. The fraction of sp³-hybridized carbons (Fsp3) is 0.167. The van der Waals surface area contributed by atoms with E-state index in [0.717, 1.165) is 16.5 Å². The molecule has 4 nitrogen and oxygen atoms in total. The second-order valence-corrected chi connectivity index (χ2v) is 6.74. The van der Waals surface area contributed by atoms with Crippen LogP contribution >= 0.6 is 6.64 Å². The monoisotopic (exact) mass is 283 g/mol. The lowest BCUT2D eigenvalue weighted by atomic mass is 10.1. The van der Waals surface area contributed by atoms with E-state index in [1.54, 1.807) is 0 Å². The third-order valence-corrected chi connectivity index (χ3v) is 3.43. The quantitative estimate of drug-likeness (QED) is 0.579. The fourth-order valence-electron chi connectivity index (χ4n) is 1.62. The molecule has 0 radical (unpaired) electrons. The van der Waals surface area contributed by atoms with Crippen LogP contribution in [0.1, 0.15) is 0 Å². The highest BCUT2D eigenvalue weighted by molar-refractivity contribution is 8.08. The van der Waals surface area contributed by atoms with Crippen molar-refractivity contribution in [3.8, 4) is 5.75 Å². The average molecular weight is 283 g/mol. The minimum absolute atomic E-state index is 0.303. The van der Waals surface area contributed by atoms with E-state index in [1.165, 1.54) is 0 Å². The summed E-state index contributed by atoms with van der Waals surface area (Å²) in [4.78, 5) is 17.9. The summed E-state index contributed by atoms with van der Waals surface area (Å²) in [6.07, 6.45) is 0. The molecule has 2 aromatic carbocycles. The minimum Gasteiger partial charge on any atom is -0.492 e. The molecular formula is C12H14NO3PS. The van der Waals surface area contributed by atoms with Crippen LogP contribution in [0.3, 0.4) is 0 Å². The first-order chi connectivity index (χ1) is 8.54. The summed E-state index contributed by atoms with van der Waals surface area (Å²) in [5, 5.41) is 4.71. The Morgan fingerprint density at radius 3 is 2.56 bits per heavy atom. The van der Waals surface area contributed by atoms with Crippen molar-refractivity contribution in [2.45, 2.75) is 0 Å². The Morgan fingerprint density at radius 1 is 1.11 bits per heavy atom. The molecule has 0 aromatic heterocycles. The highest BCUT2D eigenvalue weighted by atomic mass is 32.5. The van der Waals surface area contributed by atoms with Crippen molar-refractivity contribution in [3.63, 3.8) is 0 Å². The van der Waals surface area contributed by atoms with E-state index >= 15 is 0 Å². The van der Waals surface area contributed by atoms with Gasteiger partial charge in [-0.15, -0.1) is 0 Å². The molecule has 0 aliphatic carbocycles. The molecule has 18 heavy (non-hydrogen) atoms. The zero-order valence-corrected chi connectivity index (χ0v) is 11.3. The summed E-state index contributed by atoms with van der Waals surface area (Å²) >= 11 is 4.43. The molecule has 2 aromatic rings. The molecule has 96 valence electrons. The van der Waals surface area contributed by atoms with Crippen LogP contribution < -0.4 is 9.82 Å². The molecule has 0 aliphatic rings. The molecule has 2 rings (SSSR count). The molecule has 0 saturated carbocycles. The summed E-state index contributed by atoms with van der Waals surface area (Å²) in [5.74, 6) is 0.750. The molecule has 0 aliphatic heterocycles. The summed E-state index contributed by atoms with van der Waals surface area (Å²) in [6.45, 7) is -2.69. The highest BCUT2D eigenvalue weighted by Gasteiger charge is 2.04. The number of rotatable bonds is 5. The zero-order chi connectivity index (χ0) is 13.0. The molecule has 0 atom stereocenters. The van der Waals surface area contributed by atoms with E-state index in [0.29, 0.717) is 13.2 Å². The first-order valence-corrected chi connectivity index (χ1v) is 8.18. The lowest BCUT2D eigenvalue weighted by Crippen LogP contribution is -2.17. The van der Waals surface area contributed by atoms with Gasteiger partial charge < -0.3 is 14.5 Å². The maximum atomic E-state index is 8.97. The summed E-state index contributed by atoms with van der Waals surface area (Å²) in [5.41, 5.74) is 0. The maximum Gasteiger partial charge on any atom is 0.256 e. The summed E-state index contributed by atoms with van der Waals surface area (Å²) < 4.78 is 5.50. The highest BCUT2D eigenvalue weighted by Crippen LogP contribution is 2.27. The lowest BCUT2D eigenvalue weighted by molar-refractivity contribution is 0.319. The van der Waals surface area contributed by atoms with E-state index in [9.17, 15) is 0 Å². The van der Waals surface area contributed by atoms with Gasteiger partial charge >= 0.3 is 0 Å². The molecular weight excluding hydrogens is 269 g/mol. The number of nitrogens with one attached hydrogen (secondary N) is 1. The van der Waals surface area contributed by atoms with Crippen LogP contribution in [0.4, 0.5) is 0 Å². The molecule has 0 fully saturated rings. The van der Waals surface area contributed by atoms with Gasteiger partial charge in [-0.1, -0.05) is 30.3 Å². The molecule has 0 unspecified atom stereocenters. The van der Waals surface area contributed by atoms with Crippen LogP contribution in [0.2, 0.25) is 0 Å². The van der Waals surface area contributed by atoms with E-state index < -0.39 is 6.64 Å². The third-order valence-electron chi connectivity index (χ3n) is 2.41. The largest absolute Gasteiger partial charge is 0.492 e.